The van der Waals surface area contributed by atoms with Crippen LogP contribution in [-0.2, 0) is 0 Å². The Hall–Kier alpha value is -1.09. The lowest BCUT2D eigenvalue weighted by Crippen LogP contribution is -2.38. The van der Waals surface area contributed by atoms with Crippen molar-refractivity contribution in [1.82, 2.24) is 19.3 Å². The Morgan fingerprint density at radius 2 is 2.35 bits per heavy atom. The minimum Gasteiger partial charge on any atom is -0.465 e. The number of halogens is 2. The molecule has 1 amide bonds. The summed E-state index contributed by atoms with van der Waals surface area (Å²) in [5.41, 5.74) is 0.789. The first-order valence-electron chi connectivity index (χ1n) is 6.23. The molecule has 1 N–H and O–H groups in total. The zero-order chi connectivity index (χ0) is 14.3. The van der Waals surface area contributed by atoms with Crippen molar-refractivity contribution >= 4 is 45.8 Å². The first-order valence-corrected chi connectivity index (χ1v) is 7.69. The van der Waals surface area contributed by atoms with Gasteiger partial charge in [0.15, 0.2) is 5.15 Å². The molecule has 0 saturated carbocycles. The van der Waals surface area contributed by atoms with E-state index in [4.69, 9.17) is 16.7 Å². The largest absolute Gasteiger partial charge is 0.465 e. The lowest BCUT2D eigenvalue weighted by atomic mass is 9.97. The Kier molecular flexibility index (Phi) is 3.72. The third-order valence-electron chi connectivity index (χ3n) is 3.55. The van der Waals surface area contributed by atoms with Gasteiger partial charge >= 0.3 is 6.09 Å². The van der Waals surface area contributed by atoms with E-state index in [1.165, 1.54) is 4.90 Å². The Morgan fingerprint density at radius 3 is 3.10 bits per heavy atom. The number of imidazole rings is 1. The predicted octanol–water partition coefficient (Wildman–Crippen LogP) is 2.84. The number of hydrogen-bond donors (Lipinski definition) is 1. The highest BCUT2D eigenvalue weighted by molar-refractivity contribution is 14.1. The number of aromatic nitrogens is 3. The van der Waals surface area contributed by atoms with Gasteiger partial charge in [0, 0.05) is 31.4 Å². The van der Waals surface area contributed by atoms with Gasteiger partial charge in [-0.2, -0.15) is 0 Å². The molecule has 0 aromatic carbocycles. The summed E-state index contributed by atoms with van der Waals surface area (Å²) in [6.07, 6.45) is 4.37. The highest BCUT2D eigenvalue weighted by atomic mass is 127. The molecule has 6 nitrogen and oxygen atoms in total. The van der Waals surface area contributed by atoms with Crippen LogP contribution in [0.25, 0.3) is 5.52 Å². The van der Waals surface area contributed by atoms with E-state index in [0.29, 0.717) is 18.2 Å². The predicted molar refractivity (Wildman–Crippen MR) is 82.3 cm³/mol. The lowest BCUT2D eigenvalue weighted by Gasteiger charge is -2.29. The third-order valence-corrected chi connectivity index (χ3v) is 4.58. The van der Waals surface area contributed by atoms with Crippen LogP contribution in [0.1, 0.15) is 24.6 Å². The van der Waals surface area contributed by atoms with Crippen LogP contribution in [0.4, 0.5) is 4.79 Å². The van der Waals surface area contributed by atoms with E-state index in [1.807, 2.05) is 10.6 Å². The maximum Gasteiger partial charge on any atom is 0.407 e. The van der Waals surface area contributed by atoms with Crippen LogP contribution in [0.3, 0.4) is 0 Å². The van der Waals surface area contributed by atoms with Crippen molar-refractivity contribution in [3.05, 3.63) is 27.1 Å². The van der Waals surface area contributed by atoms with E-state index < -0.39 is 6.09 Å². The molecular formula is C12H12ClIN4O2. The monoisotopic (exact) mass is 406 g/mol. The third kappa shape index (κ3) is 2.32. The zero-order valence-corrected chi connectivity index (χ0v) is 13.4. The van der Waals surface area contributed by atoms with Gasteiger partial charge < -0.3 is 10.0 Å². The van der Waals surface area contributed by atoms with Crippen molar-refractivity contribution in [3.8, 4) is 0 Å². The molecule has 1 aliphatic heterocycles. The quantitative estimate of drug-likeness (QED) is 0.739. The van der Waals surface area contributed by atoms with Crippen LogP contribution in [0.2, 0.25) is 5.15 Å². The summed E-state index contributed by atoms with van der Waals surface area (Å²) in [6, 6.07) is 0. The summed E-state index contributed by atoms with van der Waals surface area (Å²) < 4.78 is 2.72. The number of hydrogen-bond acceptors (Lipinski definition) is 3. The van der Waals surface area contributed by atoms with Crippen molar-refractivity contribution < 1.29 is 9.90 Å². The van der Waals surface area contributed by atoms with E-state index >= 15 is 0 Å². The molecule has 2 aromatic heterocycles. The number of piperidine rings is 1. The van der Waals surface area contributed by atoms with Gasteiger partial charge in [0.25, 0.3) is 0 Å². The van der Waals surface area contributed by atoms with Gasteiger partial charge in [0.2, 0.25) is 0 Å². The smallest absolute Gasteiger partial charge is 0.407 e. The average molecular weight is 407 g/mol. The molecule has 0 aliphatic carbocycles. The molecule has 1 saturated heterocycles. The molecule has 0 unspecified atom stereocenters. The van der Waals surface area contributed by atoms with Gasteiger partial charge in [-0.15, -0.1) is 0 Å². The molecule has 106 valence electrons. The number of likely N-dealkylation sites (tertiary alicyclic amines) is 1. The minimum atomic E-state index is -0.870. The van der Waals surface area contributed by atoms with E-state index in [9.17, 15) is 4.79 Å². The van der Waals surface area contributed by atoms with Crippen LogP contribution >= 0.6 is 34.2 Å². The van der Waals surface area contributed by atoms with Crippen molar-refractivity contribution in [2.75, 3.05) is 13.1 Å². The number of rotatable bonds is 1. The Balaban J connectivity index is 2.02. The summed E-state index contributed by atoms with van der Waals surface area (Å²) in [5, 5.41) is 9.55. The molecule has 3 heterocycles. The second kappa shape index (κ2) is 5.36. The Labute approximate surface area is 133 Å². The topological polar surface area (TPSA) is 70.7 Å². The maximum atomic E-state index is 11.1. The molecule has 1 fully saturated rings. The fourth-order valence-corrected chi connectivity index (χ4v) is 3.79. The van der Waals surface area contributed by atoms with Gasteiger partial charge in [-0.1, -0.05) is 11.6 Å². The van der Waals surface area contributed by atoms with E-state index in [1.54, 1.807) is 6.20 Å². The van der Waals surface area contributed by atoms with Crippen LogP contribution < -0.4 is 0 Å². The highest BCUT2D eigenvalue weighted by Crippen LogP contribution is 2.30. The molecule has 2 aromatic rings. The minimum absolute atomic E-state index is 0.0920. The second-order valence-electron chi connectivity index (χ2n) is 4.77. The molecule has 0 spiro atoms. The van der Waals surface area contributed by atoms with Crippen molar-refractivity contribution in [2.24, 2.45) is 0 Å². The molecule has 0 radical (unpaired) electrons. The second-order valence-corrected chi connectivity index (χ2v) is 6.15. The van der Waals surface area contributed by atoms with Gasteiger partial charge in [-0.25, -0.2) is 14.8 Å². The molecule has 1 atom stereocenters. The molecular weight excluding hydrogens is 395 g/mol. The van der Waals surface area contributed by atoms with E-state index in [0.717, 1.165) is 27.9 Å². The first kappa shape index (κ1) is 13.9. The van der Waals surface area contributed by atoms with Gasteiger partial charge in [0.1, 0.15) is 15.0 Å². The normalized spacial score (nSPS) is 19.5. The number of nitrogens with zero attached hydrogens (tertiary/aromatic N) is 4. The van der Waals surface area contributed by atoms with Crippen LogP contribution in [0.15, 0.2) is 12.4 Å². The Bertz CT molecular complexity index is 675. The van der Waals surface area contributed by atoms with Crippen molar-refractivity contribution in [1.29, 1.82) is 0 Å². The van der Waals surface area contributed by atoms with Crippen LogP contribution in [0.5, 0.6) is 0 Å². The van der Waals surface area contributed by atoms with Gasteiger partial charge in [0.05, 0.1) is 0 Å². The maximum absolute atomic E-state index is 11.1. The molecule has 20 heavy (non-hydrogen) atoms. The summed E-state index contributed by atoms with van der Waals surface area (Å²) in [5.74, 6) is 0.953. The summed E-state index contributed by atoms with van der Waals surface area (Å²) in [4.78, 5) is 21.2. The fourth-order valence-electron chi connectivity index (χ4n) is 2.63. The lowest BCUT2D eigenvalue weighted by molar-refractivity contribution is 0.129. The molecule has 8 heteroatoms. The summed E-state index contributed by atoms with van der Waals surface area (Å²) in [7, 11) is 0. The van der Waals surface area contributed by atoms with E-state index in [2.05, 4.69) is 32.6 Å². The van der Waals surface area contributed by atoms with Crippen LogP contribution in [0, 0.1) is 3.70 Å². The number of carboxylic acid groups (broad SMARTS) is 1. The number of carbonyl (C=O) groups is 1. The van der Waals surface area contributed by atoms with Crippen molar-refractivity contribution in [3.63, 3.8) is 0 Å². The van der Waals surface area contributed by atoms with Crippen molar-refractivity contribution in [2.45, 2.75) is 18.8 Å². The molecule has 3 rings (SSSR count). The number of fused-ring (bicyclic) bond motifs is 1. The average Bonchev–Trinajstić information content (AvgIpc) is 2.78. The SMILES string of the molecule is O=C(O)N1CCC[C@@H](c2nc(I)c3c(Cl)nccn23)C1. The van der Waals surface area contributed by atoms with E-state index in [-0.39, 0.29) is 5.92 Å². The summed E-state index contributed by atoms with van der Waals surface area (Å²) >= 11 is 8.25. The number of amides is 1. The standard InChI is InChI=1S/C12H12ClIN4O2/c13-9-8-10(14)16-11(18(8)5-3-15-9)7-2-1-4-17(6-7)12(19)20/h3,5,7H,1-2,4,6H2,(H,19,20)/t7-/m1/s1. The van der Waals surface area contributed by atoms with Gasteiger partial charge in [-0.05, 0) is 35.4 Å². The van der Waals surface area contributed by atoms with Crippen LogP contribution in [-0.4, -0.2) is 43.6 Å². The highest BCUT2D eigenvalue weighted by Gasteiger charge is 2.28. The fraction of sp³-hybridized carbons (Fsp3) is 0.417. The zero-order valence-electron chi connectivity index (χ0n) is 10.5. The summed E-state index contributed by atoms with van der Waals surface area (Å²) in [6.45, 7) is 1.07. The molecule has 0 bridgehead atoms. The first-order chi connectivity index (χ1) is 9.58. The molecule has 1 aliphatic rings. The Morgan fingerprint density at radius 1 is 1.55 bits per heavy atom. The van der Waals surface area contributed by atoms with Gasteiger partial charge in [-0.3, -0.25) is 4.40 Å².